The molecule has 1 aromatic heterocycles. The van der Waals surface area contributed by atoms with Crippen LogP contribution in [0.15, 0.2) is 40.6 Å². The van der Waals surface area contributed by atoms with E-state index in [1.165, 1.54) is 10.4 Å². The molecule has 30 heavy (non-hydrogen) atoms. The highest BCUT2D eigenvalue weighted by Gasteiger charge is 2.28. The predicted molar refractivity (Wildman–Crippen MR) is 118 cm³/mol. The Morgan fingerprint density at radius 2 is 1.87 bits per heavy atom. The topological polar surface area (TPSA) is 105 Å². The number of aryl methyl sites for hydroxylation is 1. The molecule has 2 heterocycles. The lowest BCUT2D eigenvalue weighted by Crippen LogP contribution is -2.37. The van der Waals surface area contributed by atoms with Gasteiger partial charge < -0.3 is 15.4 Å². The minimum absolute atomic E-state index is 0.105. The van der Waals surface area contributed by atoms with Crippen molar-refractivity contribution < 1.29 is 22.7 Å². The Bertz CT molecular complexity index is 986. The van der Waals surface area contributed by atoms with E-state index < -0.39 is 22.0 Å². The highest BCUT2D eigenvalue weighted by atomic mass is 32.2. The van der Waals surface area contributed by atoms with Crippen molar-refractivity contribution in [3.8, 4) is 0 Å². The quantitative estimate of drug-likeness (QED) is 0.646. The SMILES string of the molecule is Cc1sc(S(=O)(=O)N2CCSCC2)cc1NC(=O)CNC(=O)OCc1ccccc1. The number of anilines is 1. The molecule has 1 aliphatic rings. The minimum atomic E-state index is -3.56. The number of benzene rings is 1. The fourth-order valence-corrected chi connectivity index (χ4v) is 6.87. The molecule has 0 atom stereocenters. The third kappa shape index (κ3) is 5.97. The molecular formula is C19H23N3O5S3. The molecule has 2 N–H and O–H groups in total. The molecule has 1 aromatic carbocycles. The zero-order valence-electron chi connectivity index (χ0n) is 16.4. The molecule has 3 rings (SSSR count). The first kappa shape index (κ1) is 22.6. The van der Waals surface area contributed by atoms with Crippen molar-refractivity contribution in [3.63, 3.8) is 0 Å². The average molecular weight is 470 g/mol. The van der Waals surface area contributed by atoms with Crippen LogP contribution in [0.2, 0.25) is 0 Å². The van der Waals surface area contributed by atoms with Crippen LogP contribution in [0.3, 0.4) is 0 Å². The maximum atomic E-state index is 12.8. The molecule has 2 amide bonds. The molecule has 162 valence electrons. The van der Waals surface area contributed by atoms with Gasteiger partial charge in [0.2, 0.25) is 5.91 Å². The number of amides is 2. The fourth-order valence-electron chi connectivity index (χ4n) is 2.74. The van der Waals surface area contributed by atoms with Crippen LogP contribution in [0, 0.1) is 6.92 Å². The van der Waals surface area contributed by atoms with E-state index in [0.717, 1.165) is 28.4 Å². The van der Waals surface area contributed by atoms with Crippen LogP contribution in [0.1, 0.15) is 10.4 Å². The third-order valence-electron chi connectivity index (χ3n) is 4.34. The lowest BCUT2D eigenvalue weighted by Gasteiger charge is -2.24. The summed E-state index contributed by atoms with van der Waals surface area (Å²) in [7, 11) is -3.56. The second-order valence-corrected chi connectivity index (χ2v) is 11.2. The number of thiophene rings is 1. The van der Waals surface area contributed by atoms with Gasteiger partial charge in [0.1, 0.15) is 17.4 Å². The minimum Gasteiger partial charge on any atom is -0.445 e. The molecule has 0 radical (unpaired) electrons. The number of carbonyl (C=O) groups excluding carboxylic acids is 2. The van der Waals surface area contributed by atoms with Gasteiger partial charge in [-0.1, -0.05) is 30.3 Å². The van der Waals surface area contributed by atoms with E-state index in [1.54, 1.807) is 18.7 Å². The summed E-state index contributed by atoms with van der Waals surface area (Å²) in [5.74, 6) is 1.09. The molecule has 8 nitrogen and oxygen atoms in total. The maximum Gasteiger partial charge on any atom is 0.407 e. The van der Waals surface area contributed by atoms with Crippen molar-refractivity contribution in [1.82, 2.24) is 9.62 Å². The van der Waals surface area contributed by atoms with Crippen molar-refractivity contribution in [2.75, 3.05) is 36.5 Å². The largest absolute Gasteiger partial charge is 0.445 e. The maximum absolute atomic E-state index is 12.8. The van der Waals surface area contributed by atoms with E-state index in [4.69, 9.17) is 4.74 Å². The number of ether oxygens (including phenoxy) is 1. The average Bonchev–Trinajstić information content (AvgIpc) is 3.13. The second kappa shape index (κ2) is 10.3. The summed E-state index contributed by atoms with van der Waals surface area (Å²) in [5, 5.41) is 5.03. The molecule has 1 saturated heterocycles. The Hall–Kier alpha value is -2.08. The Balaban J connectivity index is 1.51. The van der Waals surface area contributed by atoms with Gasteiger partial charge in [0, 0.05) is 29.5 Å². The third-order valence-corrected chi connectivity index (χ3v) is 8.68. The molecule has 0 bridgehead atoms. The molecule has 0 aliphatic carbocycles. The first-order valence-corrected chi connectivity index (χ1v) is 12.7. The fraction of sp³-hybridized carbons (Fsp3) is 0.368. The van der Waals surface area contributed by atoms with Gasteiger partial charge in [0.05, 0.1) is 5.69 Å². The summed E-state index contributed by atoms with van der Waals surface area (Å²) in [6.45, 7) is 2.54. The Morgan fingerprint density at radius 1 is 1.17 bits per heavy atom. The van der Waals surface area contributed by atoms with E-state index in [0.29, 0.717) is 23.7 Å². The van der Waals surface area contributed by atoms with Crippen LogP contribution in [0.4, 0.5) is 10.5 Å². The number of nitrogens with one attached hydrogen (secondary N) is 2. The summed E-state index contributed by atoms with van der Waals surface area (Å²) in [5.41, 5.74) is 1.27. The van der Waals surface area contributed by atoms with Gasteiger partial charge >= 0.3 is 6.09 Å². The van der Waals surface area contributed by atoms with Crippen molar-refractivity contribution >= 4 is 50.8 Å². The lowest BCUT2D eigenvalue weighted by molar-refractivity contribution is -0.115. The molecule has 2 aromatic rings. The first-order chi connectivity index (χ1) is 14.4. The highest BCUT2D eigenvalue weighted by Crippen LogP contribution is 2.32. The van der Waals surface area contributed by atoms with Gasteiger partial charge in [-0.15, -0.1) is 11.3 Å². The summed E-state index contributed by atoms with van der Waals surface area (Å²) < 4.78 is 32.3. The number of hydrogen-bond donors (Lipinski definition) is 2. The molecular weight excluding hydrogens is 446 g/mol. The Kier molecular flexibility index (Phi) is 7.75. The van der Waals surface area contributed by atoms with Gasteiger partial charge in [-0.05, 0) is 18.6 Å². The zero-order chi connectivity index (χ0) is 21.6. The highest BCUT2D eigenvalue weighted by molar-refractivity contribution is 7.99. The number of carbonyl (C=O) groups is 2. The van der Waals surface area contributed by atoms with Crippen molar-refractivity contribution in [1.29, 1.82) is 0 Å². The predicted octanol–water partition coefficient (Wildman–Crippen LogP) is 2.66. The monoisotopic (exact) mass is 469 g/mol. The molecule has 0 spiro atoms. The molecule has 1 aliphatic heterocycles. The summed E-state index contributed by atoms with van der Waals surface area (Å²) in [6.07, 6.45) is -0.706. The van der Waals surface area contributed by atoms with Crippen LogP contribution in [-0.4, -0.2) is 55.9 Å². The first-order valence-electron chi connectivity index (χ1n) is 9.29. The van der Waals surface area contributed by atoms with Crippen LogP contribution in [0.5, 0.6) is 0 Å². The van der Waals surface area contributed by atoms with E-state index in [2.05, 4.69) is 10.6 Å². The molecule has 11 heteroatoms. The van der Waals surface area contributed by atoms with Gasteiger partial charge in [-0.25, -0.2) is 13.2 Å². The van der Waals surface area contributed by atoms with Crippen molar-refractivity contribution in [2.24, 2.45) is 0 Å². The number of nitrogens with zero attached hydrogens (tertiary/aromatic N) is 1. The molecule has 1 fully saturated rings. The Labute approximate surface area is 184 Å². The lowest BCUT2D eigenvalue weighted by atomic mass is 10.2. The van der Waals surface area contributed by atoms with E-state index in [1.807, 2.05) is 30.3 Å². The van der Waals surface area contributed by atoms with Crippen molar-refractivity contribution in [2.45, 2.75) is 17.7 Å². The van der Waals surface area contributed by atoms with Gasteiger partial charge in [-0.2, -0.15) is 16.1 Å². The number of sulfonamides is 1. The van der Waals surface area contributed by atoms with E-state index in [9.17, 15) is 18.0 Å². The van der Waals surface area contributed by atoms with Gasteiger partial charge in [-0.3, -0.25) is 4.79 Å². The Morgan fingerprint density at radius 3 is 2.57 bits per heavy atom. The molecule has 0 saturated carbocycles. The van der Waals surface area contributed by atoms with Crippen LogP contribution < -0.4 is 10.6 Å². The second-order valence-electron chi connectivity index (χ2n) is 6.52. The van der Waals surface area contributed by atoms with E-state index >= 15 is 0 Å². The molecule has 0 unspecified atom stereocenters. The van der Waals surface area contributed by atoms with E-state index in [-0.39, 0.29) is 17.4 Å². The zero-order valence-corrected chi connectivity index (χ0v) is 18.9. The number of hydrogen-bond acceptors (Lipinski definition) is 7. The van der Waals surface area contributed by atoms with Gasteiger partial charge in [0.15, 0.2) is 0 Å². The number of rotatable bonds is 7. The van der Waals surface area contributed by atoms with Crippen LogP contribution in [0.25, 0.3) is 0 Å². The smallest absolute Gasteiger partial charge is 0.407 e. The van der Waals surface area contributed by atoms with Crippen LogP contribution >= 0.6 is 23.1 Å². The summed E-state index contributed by atoms with van der Waals surface area (Å²) in [4.78, 5) is 24.6. The summed E-state index contributed by atoms with van der Waals surface area (Å²) in [6, 6.07) is 10.7. The van der Waals surface area contributed by atoms with Crippen molar-refractivity contribution in [3.05, 3.63) is 46.8 Å². The van der Waals surface area contributed by atoms with Gasteiger partial charge in [0.25, 0.3) is 10.0 Å². The number of thioether (sulfide) groups is 1. The van der Waals surface area contributed by atoms with Crippen LogP contribution in [-0.2, 0) is 26.2 Å². The summed E-state index contributed by atoms with van der Waals surface area (Å²) >= 11 is 2.86. The normalized spacial score (nSPS) is 14.8. The number of alkyl carbamates (subject to hydrolysis) is 1. The standard InChI is InChI=1S/C19H23N3O5S3/c1-14-16(11-18(29-14)30(25,26)22-7-9-28-10-8-22)21-17(23)12-20-19(24)27-13-15-5-3-2-4-6-15/h2-6,11H,7-10,12-13H2,1H3,(H,20,24)(H,21,23).